The van der Waals surface area contributed by atoms with Crippen LogP contribution in [-0.4, -0.2) is 26.6 Å². The molecule has 2 amide bonds. The lowest BCUT2D eigenvalue weighted by Crippen LogP contribution is -2.43. The Kier molecular flexibility index (Phi) is 5.60. The van der Waals surface area contributed by atoms with Crippen LogP contribution in [0.5, 0.6) is 0 Å². The lowest BCUT2D eigenvalue weighted by atomic mass is 10.1. The van der Waals surface area contributed by atoms with E-state index in [-0.39, 0.29) is 11.3 Å². The van der Waals surface area contributed by atoms with Crippen molar-refractivity contribution in [1.82, 2.24) is 25.6 Å². The van der Waals surface area contributed by atoms with Gasteiger partial charge in [-0.05, 0) is 36.6 Å². The highest BCUT2D eigenvalue weighted by atomic mass is 32.1. The third-order valence-electron chi connectivity index (χ3n) is 5.41. The summed E-state index contributed by atoms with van der Waals surface area (Å²) in [5.74, 6) is -1.11. The van der Waals surface area contributed by atoms with Crippen molar-refractivity contribution in [2.45, 2.75) is 13.5 Å². The number of hydrogen-bond acceptors (Lipinski definition) is 6. The Labute approximate surface area is 197 Å². The van der Waals surface area contributed by atoms with Gasteiger partial charge in [-0.15, -0.1) is 11.3 Å². The quantitative estimate of drug-likeness (QED) is 0.390. The maximum Gasteiger partial charge on any atom is 0.290 e. The number of aryl methyl sites for hydroxylation is 1. The molecule has 0 unspecified atom stereocenters. The summed E-state index contributed by atoms with van der Waals surface area (Å²) in [4.78, 5) is 44.2. The van der Waals surface area contributed by atoms with Gasteiger partial charge in [-0.2, -0.15) is 5.10 Å². The van der Waals surface area contributed by atoms with Crippen LogP contribution in [0.3, 0.4) is 0 Å². The number of aromatic nitrogens is 3. The van der Waals surface area contributed by atoms with Crippen LogP contribution in [-0.2, 0) is 6.54 Å². The van der Waals surface area contributed by atoms with Gasteiger partial charge in [0.05, 0.1) is 27.0 Å². The van der Waals surface area contributed by atoms with E-state index in [1.54, 1.807) is 37.3 Å². The largest absolute Gasteiger partial charge is 0.290 e. The standard InChI is InChI=1S/C25H19N5O3S/c1-2-30-25(33)17-10-4-3-9-16(17)22(29-30)24(32)28-27-23(31)18-14-20(21-12-7-13-34-21)26-19-11-6-5-8-15(18)19/h3-14H,2H2,1H3,(H,27,31)(H,28,32). The van der Waals surface area contributed by atoms with Gasteiger partial charge in [-0.1, -0.05) is 42.5 Å². The van der Waals surface area contributed by atoms with Crippen LogP contribution >= 0.6 is 11.3 Å². The Balaban J connectivity index is 1.47. The first-order valence-electron chi connectivity index (χ1n) is 10.6. The molecule has 0 aliphatic carbocycles. The molecule has 0 atom stereocenters. The molecular weight excluding hydrogens is 450 g/mol. The van der Waals surface area contributed by atoms with E-state index in [1.807, 2.05) is 41.8 Å². The SMILES string of the molecule is CCn1nc(C(=O)NNC(=O)c2cc(-c3cccs3)nc3ccccc23)c2ccccc2c1=O. The van der Waals surface area contributed by atoms with Crippen molar-refractivity contribution in [2.24, 2.45) is 0 Å². The fourth-order valence-corrected chi connectivity index (χ4v) is 4.46. The second-order valence-electron chi connectivity index (χ2n) is 7.47. The van der Waals surface area contributed by atoms with Gasteiger partial charge in [-0.25, -0.2) is 9.67 Å². The van der Waals surface area contributed by atoms with Crippen molar-refractivity contribution in [1.29, 1.82) is 0 Å². The Morgan fingerprint density at radius 3 is 2.35 bits per heavy atom. The molecule has 9 heteroatoms. The number of nitrogens with one attached hydrogen (secondary N) is 2. The molecule has 3 aromatic heterocycles. The molecule has 3 heterocycles. The van der Waals surface area contributed by atoms with Gasteiger partial charge in [-0.3, -0.25) is 25.2 Å². The van der Waals surface area contributed by atoms with Crippen LogP contribution in [0.1, 0.15) is 27.8 Å². The van der Waals surface area contributed by atoms with Crippen LogP contribution in [0.15, 0.2) is 76.9 Å². The summed E-state index contributed by atoms with van der Waals surface area (Å²) in [6.45, 7) is 2.08. The molecule has 5 aromatic rings. The number of thiophene rings is 1. The van der Waals surface area contributed by atoms with E-state index < -0.39 is 11.8 Å². The Bertz CT molecular complexity index is 1610. The minimum Gasteiger partial charge on any atom is -0.267 e. The van der Waals surface area contributed by atoms with E-state index >= 15 is 0 Å². The summed E-state index contributed by atoms with van der Waals surface area (Å²) >= 11 is 1.53. The first kappa shape index (κ1) is 21.5. The molecule has 8 nitrogen and oxygen atoms in total. The number of rotatable bonds is 4. The summed E-state index contributed by atoms with van der Waals surface area (Å²) in [5, 5.41) is 7.61. The lowest BCUT2D eigenvalue weighted by Gasteiger charge is -2.12. The van der Waals surface area contributed by atoms with Crippen molar-refractivity contribution >= 4 is 44.8 Å². The molecule has 0 saturated carbocycles. The van der Waals surface area contributed by atoms with Gasteiger partial charge in [0.1, 0.15) is 0 Å². The number of hydrazine groups is 1. The van der Waals surface area contributed by atoms with Gasteiger partial charge < -0.3 is 0 Å². The zero-order chi connectivity index (χ0) is 23.7. The molecule has 0 aliphatic rings. The third-order valence-corrected chi connectivity index (χ3v) is 6.30. The minimum atomic E-state index is -0.622. The molecule has 0 bridgehead atoms. The zero-order valence-electron chi connectivity index (χ0n) is 18.1. The third kappa shape index (κ3) is 3.82. The Morgan fingerprint density at radius 2 is 1.62 bits per heavy atom. The molecule has 0 radical (unpaired) electrons. The molecule has 5 rings (SSSR count). The molecule has 0 aliphatic heterocycles. The zero-order valence-corrected chi connectivity index (χ0v) is 18.9. The van der Waals surface area contributed by atoms with E-state index in [2.05, 4.69) is 20.9 Å². The summed E-state index contributed by atoms with van der Waals surface area (Å²) in [6, 6.07) is 19.7. The normalized spacial score (nSPS) is 11.0. The molecule has 2 N–H and O–H groups in total. The summed E-state index contributed by atoms with van der Waals surface area (Å²) in [6.07, 6.45) is 0. The van der Waals surface area contributed by atoms with Gasteiger partial charge >= 0.3 is 0 Å². The van der Waals surface area contributed by atoms with Gasteiger partial charge in [0.15, 0.2) is 5.69 Å². The van der Waals surface area contributed by atoms with Crippen molar-refractivity contribution in [3.8, 4) is 10.6 Å². The second kappa shape index (κ2) is 8.87. The minimum absolute atomic E-state index is 0.0520. The van der Waals surface area contributed by atoms with Crippen LogP contribution in [0.2, 0.25) is 0 Å². The van der Waals surface area contributed by atoms with Gasteiger partial charge in [0.2, 0.25) is 0 Å². The van der Waals surface area contributed by atoms with Gasteiger partial charge in [0.25, 0.3) is 17.4 Å². The molecule has 0 fully saturated rings. The second-order valence-corrected chi connectivity index (χ2v) is 8.42. The van der Waals surface area contributed by atoms with Crippen molar-refractivity contribution < 1.29 is 9.59 Å². The Morgan fingerprint density at radius 1 is 0.912 bits per heavy atom. The van der Waals surface area contributed by atoms with E-state index in [4.69, 9.17) is 0 Å². The number of para-hydroxylation sites is 1. The highest BCUT2D eigenvalue weighted by Gasteiger charge is 2.19. The molecule has 168 valence electrons. The number of carbonyl (C=O) groups excluding carboxylic acids is 2. The smallest absolute Gasteiger partial charge is 0.267 e. The first-order chi connectivity index (χ1) is 16.6. The van der Waals surface area contributed by atoms with E-state index in [1.165, 1.54) is 16.0 Å². The predicted octanol–water partition coefficient (Wildman–Crippen LogP) is 3.77. The number of benzene rings is 2. The average molecular weight is 470 g/mol. The number of hydrogen-bond donors (Lipinski definition) is 2. The Hall–Kier alpha value is -4.37. The van der Waals surface area contributed by atoms with E-state index in [0.717, 1.165) is 4.88 Å². The number of nitrogens with zero attached hydrogens (tertiary/aromatic N) is 3. The molecule has 0 spiro atoms. The number of pyridine rings is 1. The number of fused-ring (bicyclic) bond motifs is 2. The van der Waals surface area contributed by atoms with Gasteiger partial charge in [0, 0.05) is 17.3 Å². The maximum absolute atomic E-state index is 13.1. The molecule has 0 saturated heterocycles. The summed E-state index contributed by atoms with van der Waals surface area (Å²) in [5.41, 5.74) is 6.44. The summed E-state index contributed by atoms with van der Waals surface area (Å²) in [7, 11) is 0. The predicted molar refractivity (Wildman–Crippen MR) is 132 cm³/mol. The van der Waals surface area contributed by atoms with Crippen LogP contribution < -0.4 is 16.4 Å². The van der Waals surface area contributed by atoms with Crippen LogP contribution in [0, 0.1) is 0 Å². The maximum atomic E-state index is 13.1. The van der Waals surface area contributed by atoms with Crippen molar-refractivity contribution in [3.05, 3.63) is 93.7 Å². The number of amides is 2. The average Bonchev–Trinajstić information content (AvgIpc) is 3.42. The highest BCUT2D eigenvalue weighted by Crippen LogP contribution is 2.27. The fourth-order valence-electron chi connectivity index (χ4n) is 3.77. The monoisotopic (exact) mass is 469 g/mol. The lowest BCUT2D eigenvalue weighted by molar-refractivity contribution is 0.0844. The van der Waals surface area contributed by atoms with Crippen LogP contribution in [0.4, 0.5) is 0 Å². The highest BCUT2D eigenvalue weighted by molar-refractivity contribution is 7.13. The topological polar surface area (TPSA) is 106 Å². The molecular formula is C25H19N5O3S. The molecule has 2 aromatic carbocycles. The van der Waals surface area contributed by atoms with Crippen molar-refractivity contribution in [2.75, 3.05) is 0 Å². The first-order valence-corrected chi connectivity index (χ1v) is 11.5. The fraction of sp³-hybridized carbons (Fsp3) is 0.0800. The van der Waals surface area contributed by atoms with Crippen LogP contribution in [0.25, 0.3) is 32.2 Å². The van der Waals surface area contributed by atoms with E-state index in [9.17, 15) is 14.4 Å². The summed E-state index contributed by atoms with van der Waals surface area (Å²) < 4.78 is 1.22. The van der Waals surface area contributed by atoms with E-state index in [0.29, 0.717) is 39.5 Å². The molecule has 34 heavy (non-hydrogen) atoms. The number of carbonyl (C=O) groups is 2. The van der Waals surface area contributed by atoms with Crippen molar-refractivity contribution in [3.63, 3.8) is 0 Å².